The molecule has 8 nitrogen and oxygen atoms in total. The molecule has 0 aliphatic carbocycles. The largest absolute Gasteiger partial charge is 0.480 e. The lowest BCUT2D eigenvalue weighted by Gasteiger charge is -2.33. The Morgan fingerprint density at radius 1 is 1.25 bits per heavy atom. The molecule has 28 heavy (non-hydrogen) atoms. The van der Waals surface area contributed by atoms with Crippen molar-refractivity contribution in [3.05, 3.63) is 48.0 Å². The molecule has 0 atom stereocenters. The lowest BCUT2D eigenvalue weighted by molar-refractivity contribution is -0.144. The molecular weight excluding hydrogens is 378 g/mol. The summed E-state index contributed by atoms with van der Waals surface area (Å²) in [4.78, 5) is 28.8. The Hall–Kier alpha value is -2.94. The molecule has 0 saturated carbocycles. The van der Waals surface area contributed by atoms with E-state index >= 15 is 0 Å². The molecule has 1 amide bonds. The van der Waals surface area contributed by atoms with E-state index in [1.165, 1.54) is 0 Å². The van der Waals surface area contributed by atoms with Crippen molar-refractivity contribution in [1.29, 1.82) is 0 Å². The van der Waals surface area contributed by atoms with Gasteiger partial charge in [0.05, 0.1) is 11.4 Å². The predicted octanol–water partition coefficient (Wildman–Crippen LogP) is 2.20. The zero-order valence-corrected chi connectivity index (χ0v) is 16.1. The summed E-state index contributed by atoms with van der Waals surface area (Å²) < 4.78 is 1.60. The Morgan fingerprint density at radius 3 is 2.79 bits per heavy atom. The second-order valence-electron chi connectivity index (χ2n) is 6.76. The summed E-state index contributed by atoms with van der Waals surface area (Å²) >= 11 is 1.69. The molecule has 1 saturated heterocycles. The van der Waals surface area contributed by atoms with Crippen molar-refractivity contribution in [2.75, 3.05) is 11.5 Å². The monoisotopic (exact) mass is 397 g/mol. The predicted molar refractivity (Wildman–Crippen MR) is 106 cm³/mol. The van der Waals surface area contributed by atoms with E-state index in [2.05, 4.69) is 20.6 Å². The Morgan fingerprint density at radius 2 is 2.04 bits per heavy atom. The van der Waals surface area contributed by atoms with E-state index in [1.807, 2.05) is 24.3 Å². The Balaban J connectivity index is 1.68. The molecule has 0 radical (unpaired) electrons. The Kier molecular flexibility index (Phi) is 4.76. The number of carboxylic acids is 1. The molecule has 1 aliphatic rings. The van der Waals surface area contributed by atoms with E-state index in [1.54, 1.807) is 35.8 Å². The van der Waals surface area contributed by atoms with Crippen LogP contribution >= 0.6 is 11.8 Å². The number of nitrogens with one attached hydrogen (secondary N) is 1. The van der Waals surface area contributed by atoms with Gasteiger partial charge in [0.15, 0.2) is 5.69 Å². The molecule has 144 valence electrons. The van der Waals surface area contributed by atoms with Gasteiger partial charge in [0, 0.05) is 23.2 Å². The minimum Gasteiger partial charge on any atom is -0.480 e. The quantitative estimate of drug-likeness (QED) is 0.694. The van der Waals surface area contributed by atoms with Gasteiger partial charge in [0.1, 0.15) is 5.54 Å². The van der Waals surface area contributed by atoms with Crippen molar-refractivity contribution in [3.63, 3.8) is 0 Å². The lowest BCUT2D eigenvalue weighted by Crippen LogP contribution is -2.56. The number of fused-ring (bicyclic) bond motifs is 1. The molecule has 2 aromatic heterocycles. The maximum atomic E-state index is 12.8. The highest BCUT2D eigenvalue weighted by molar-refractivity contribution is 7.99. The van der Waals surface area contributed by atoms with E-state index in [4.69, 9.17) is 0 Å². The molecule has 1 aliphatic heterocycles. The first-order chi connectivity index (χ1) is 13.5. The molecule has 1 aromatic carbocycles. The van der Waals surface area contributed by atoms with E-state index < -0.39 is 17.4 Å². The highest BCUT2D eigenvalue weighted by Gasteiger charge is 2.42. The van der Waals surface area contributed by atoms with Gasteiger partial charge in [-0.05, 0) is 43.4 Å². The number of pyridine rings is 1. The average molecular weight is 397 g/mol. The molecular formula is C19H19N5O3S. The number of hydrogen-bond acceptors (Lipinski definition) is 6. The fourth-order valence-corrected chi connectivity index (χ4v) is 4.64. The number of amides is 1. The number of carboxylic acid groups (broad SMARTS) is 1. The van der Waals surface area contributed by atoms with E-state index in [9.17, 15) is 14.7 Å². The highest BCUT2D eigenvalue weighted by Crippen LogP contribution is 2.28. The number of carbonyl (C=O) groups excluding carboxylic acids is 1. The van der Waals surface area contributed by atoms with Crippen LogP contribution in [0.2, 0.25) is 0 Å². The molecule has 9 heteroatoms. The van der Waals surface area contributed by atoms with Crippen molar-refractivity contribution in [2.45, 2.75) is 25.3 Å². The van der Waals surface area contributed by atoms with E-state index in [0.717, 1.165) is 16.5 Å². The van der Waals surface area contributed by atoms with Crippen molar-refractivity contribution >= 4 is 34.4 Å². The maximum Gasteiger partial charge on any atom is 0.329 e. The highest BCUT2D eigenvalue weighted by atomic mass is 32.2. The molecule has 3 aromatic rings. The summed E-state index contributed by atoms with van der Waals surface area (Å²) in [6, 6.07) is 7.61. The molecule has 3 heterocycles. The van der Waals surface area contributed by atoms with Crippen LogP contribution in [0.1, 0.15) is 29.0 Å². The average Bonchev–Trinajstić information content (AvgIpc) is 3.09. The van der Waals surface area contributed by atoms with Crippen molar-refractivity contribution in [1.82, 2.24) is 25.3 Å². The second-order valence-corrected chi connectivity index (χ2v) is 7.99. The zero-order valence-electron chi connectivity index (χ0n) is 15.3. The van der Waals surface area contributed by atoms with Crippen LogP contribution in [0.4, 0.5) is 0 Å². The summed E-state index contributed by atoms with van der Waals surface area (Å²) in [5, 5.41) is 22.5. The van der Waals surface area contributed by atoms with Crippen molar-refractivity contribution in [3.8, 4) is 5.69 Å². The van der Waals surface area contributed by atoms with Crippen LogP contribution in [0.15, 0.2) is 36.7 Å². The summed E-state index contributed by atoms with van der Waals surface area (Å²) in [6.07, 6.45) is 4.24. The fraction of sp³-hybridized carbons (Fsp3) is 0.316. The van der Waals surface area contributed by atoms with Crippen molar-refractivity contribution < 1.29 is 14.7 Å². The van der Waals surface area contributed by atoms with Gasteiger partial charge in [-0.2, -0.15) is 11.8 Å². The Labute approximate surface area is 165 Å². The summed E-state index contributed by atoms with van der Waals surface area (Å²) in [5.41, 5.74) is 0.215. The van der Waals surface area contributed by atoms with Crippen LogP contribution in [0.25, 0.3) is 16.5 Å². The number of carbonyl (C=O) groups is 2. The standard InChI is InChI=1S/C19H19N5O3S/c1-12-16(17(25)21-19(18(26)27)6-9-28-10-7-19)22-23-24(12)15-4-2-3-13-11-20-8-5-14(13)15/h2-5,8,11H,6-7,9-10H2,1H3,(H,21,25)(H,26,27). The van der Waals surface area contributed by atoms with Crippen LogP contribution in [0, 0.1) is 6.92 Å². The minimum atomic E-state index is -1.25. The fourth-order valence-electron chi connectivity index (χ4n) is 3.45. The van der Waals surface area contributed by atoms with Crippen LogP contribution in [-0.2, 0) is 4.79 Å². The van der Waals surface area contributed by atoms with Gasteiger partial charge in [0.2, 0.25) is 0 Å². The number of rotatable bonds is 4. The third-order valence-corrected chi connectivity index (χ3v) is 6.09. The maximum absolute atomic E-state index is 12.8. The molecule has 0 spiro atoms. The van der Waals surface area contributed by atoms with Crippen LogP contribution in [-0.4, -0.2) is 54.0 Å². The number of aliphatic carboxylic acids is 1. The summed E-state index contributed by atoms with van der Waals surface area (Å²) in [5.74, 6) is -0.127. The number of hydrogen-bond donors (Lipinski definition) is 2. The number of aromatic nitrogens is 4. The molecule has 2 N–H and O–H groups in total. The normalized spacial score (nSPS) is 16.0. The van der Waals surface area contributed by atoms with Gasteiger partial charge < -0.3 is 10.4 Å². The first kappa shape index (κ1) is 18.4. The zero-order chi connectivity index (χ0) is 19.7. The molecule has 1 fully saturated rings. The lowest BCUT2D eigenvalue weighted by atomic mass is 9.92. The van der Waals surface area contributed by atoms with Crippen LogP contribution in [0.3, 0.4) is 0 Å². The smallest absolute Gasteiger partial charge is 0.329 e. The molecule has 0 unspecified atom stereocenters. The first-order valence-electron chi connectivity index (χ1n) is 8.91. The number of benzene rings is 1. The first-order valence-corrected chi connectivity index (χ1v) is 10.1. The van der Waals surface area contributed by atoms with E-state index in [-0.39, 0.29) is 5.69 Å². The Bertz CT molecular complexity index is 1050. The van der Waals surface area contributed by atoms with Gasteiger partial charge >= 0.3 is 5.97 Å². The summed E-state index contributed by atoms with van der Waals surface area (Å²) in [6.45, 7) is 1.75. The molecule has 4 rings (SSSR count). The van der Waals surface area contributed by atoms with E-state index in [0.29, 0.717) is 30.0 Å². The summed E-state index contributed by atoms with van der Waals surface area (Å²) in [7, 11) is 0. The van der Waals surface area contributed by atoms with Gasteiger partial charge in [0.25, 0.3) is 5.91 Å². The minimum absolute atomic E-state index is 0.130. The van der Waals surface area contributed by atoms with Gasteiger partial charge in [-0.15, -0.1) is 5.10 Å². The number of nitrogens with zero attached hydrogens (tertiary/aromatic N) is 4. The third kappa shape index (κ3) is 3.11. The van der Waals surface area contributed by atoms with Crippen molar-refractivity contribution in [2.24, 2.45) is 0 Å². The SMILES string of the molecule is Cc1c(C(=O)NC2(C(=O)O)CCSCC2)nnn1-c1cccc2cnccc12. The van der Waals surface area contributed by atoms with Gasteiger partial charge in [-0.3, -0.25) is 9.78 Å². The number of thioether (sulfide) groups is 1. The van der Waals surface area contributed by atoms with Crippen LogP contribution in [0.5, 0.6) is 0 Å². The van der Waals surface area contributed by atoms with Gasteiger partial charge in [-0.1, -0.05) is 17.3 Å². The van der Waals surface area contributed by atoms with Crippen LogP contribution < -0.4 is 5.32 Å². The third-order valence-electron chi connectivity index (χ3n) is 5.10. The second kappa shape index (κ2) is 7.23. The molecule has 0 bridgehead atoms. The topological polar surface area (TPSA) is 110 Å². The van der Waals surface area contributed by atoms with Gasteiger partial charge in [-0.25, -0.2) is 9.48 Å².